The minimum atomic E-state index is -1.03. The second kappa shape index (κ2) is 5.67. The number of carbonyl (C=O) groups is 2. The number of amides is 1. The highest BCUT2D eigenvalue weighted by Gasteiger charge is 2.32. The van der Waals surface area contributed by atoms with Crippen molar-refractivity contribution in [3.63, 3.8) is 0 Å². The van der Waals surface area contributed by atoms with Crippen molar-refractivity contribution in [3.05, 3.63) is 0 Å². The summed E-state index contributed by atoms with van der Waals surface area (Å²) in [6.45, 7) is 3.14. The zero-order chi connectivity index (χ0) is 13.1. The van der Waals surface area contributed by atoms with Crippen LogP contribution in [0.2, 0.25) is 0 Å². The number of nitrogens with zero attached hydrogens (tertiary/aromatic N) is 1. The molecule has 0 aromatic rings. The van der Waals surface area contributed by atoms with Gasteiger partial charge in [-0.3, -0.25) is 4.79 Å². The van der Waals surface area contributed by atoms with Gasteiger partial charge >= 0.3 is 5.97 Å². The van der Waals surface area contributed by atoms with E-state index in [1.165, 1.54) is 17.7 Å². The summed E-state index contributed by atoms with van der Waals surface area (Å²) in [5.74, 6) is -0.569. The number of aliphatic carboxylic acids is 1. The van der Waals surface area contributed by atoms with Crippen molar-refractivity contribution in [1.82, 2.24) is 4.90 Å². The number of hydrogen-bond donors (Lipinski definition) is 1. The lowest BCUT2D eigenvalue weighted by Gasteiger charge is -2.32. The number of rotatable bonds is 5. The number of ether oxygens (including phenoxy) is 2. The van der Waals surface area contributed by atoms with E-state index in [1.807, 2.05) is 0 Å². The van der Waals surface area contributed by atoms with E-state index in [0.29, 0.717) is 19.1 Å². The van der Waals surface area contributed by atoms with Gasteiger partial charge in [-0.2, -0.15) is 0 Å². The first kappa shape index (κ1) is 13.3. The van der Waals surface area contributed by atoms with E-state index in [4.69, 9.17) is 14.6 Å². The fraction of sp³-hybridized carbons (Fsp3) is 0.833. The molecule has 18 heavy (non-hydrogen) atoms. The maximum atomic E-state index is 12.1. The molecule has 0 spiro atoms. The van der Waals surface area contributed by atoms with Crippen LogP contribution in [0.1, 0.15) is 19.8 Å². The van der Waals surface area contributed by atoms with E-state index in [9.17, 15) is 9.59 Å². The molecule has 1 heterocycles. The highest BCUT2D eigenvalue weighted by atomic mass is 16.5. The first-order valence-corrected chi connectivity index (χ1v) is 6.32. The lowest BCUT2D eigenvalue weighted by atomic mass is 10.2. The second-order valence-electron chi connectivity index (χ2n) is 4.90. The molecule has 6 heteroatoms. The van der Waals surface area contributed by atoms with Crippen LogP contribution in [0.25, 0.3) is 0 Å². The van der Waals surface area contributed by atoms with Crippen molar-refractivity contribution in [3.8, 4) is 0 Å². The smallest absolute Gasteiger partial charge is 0.334 e. The summed E-state index contributed by atoms with van der Waals surface area (Å²) < 4.78 is 10.6. The predicted octanol–water partition coefficient (Wildman–Crippen LogP) is 0.114. The molecule has 1 saturated carbocycles. The van der Waals surface area contributed by atoms with Gasteiger partial charge in [-0.25, -0.2) is 4.79 Å². The molecule has 1 aliphatic heterocycles. The Morgan fingerprint density at radius 3 is 2.83 bits per heavy atom. The average molecular weight is 257 g/mol. The molecule has 1 saturated heterocycles. The van der Waals surface area contributed by atoms with Crippen molar-refractivity contribution in [2.75, 3.05) is 26.3 Å². The quantitative estimate of drug-likeness (QED) is 0.756. The summed E-state index contributed by atoms with van der Waals surface area (Å²) in [4.78, 5) is 24.4. The van der Waals surface area contributed by atoms with E-state index >= 15 is 0 Å². The van der Waals surface area contributed by atoms with E-state index in [0.717, 1.165) is 0 Å². The summed E-state index contributed by atoms with van der Waals surface area (Å²) in [5.41, 5.74) is 0. The van der Waals surface area contributed by atoms with Crippen molar-refractivity contribution in [1.29, 1.82) is 0 Å². The molecule has 2 rings (SSSR count). The van der Waals surface area contributed by atoms with Gasteiger partial charge in [0, 0.05) is 6.54 Å². The minimum absolute atomic E-state index is 0.102. The van der Waals surface area contributed by atoms with Gasteiger partial charge in [-0.05, 0) is 25.7 Å². The van der Waals surface area contributed by atoms with Crippen LogP contribution in [0, 0.1) is 5.92 Å². The van der Waals surface area contributed by atoms with Crippen LogP contribution in [0.15, 0.2) is 0 Å². The van der Waals surface area contributed by atoms with Gasteiger partial charge in [-0.1, -0.05) is 0 Å². The predicted molar refractivity (Wildman–Crippen MR) is 62.1 cm³/mol. The van der Waals surface area contributed by atoms with Gasteiger partial charge in [0.1, 0.15) is 6.10 Å². The van der Waals surface area contributed by atoms with Gasteiger partial charge in [-0.15, -0.1) is 0 Å². The monoisotopic (exact) mass is 257 g/mol. The van der Waals surface area contributed by atoms with Gasteiger partial charge < -0.3 is 19.5 Å². The SMILES string of the molecule is C[C@@H](OCC1CC1)C(=O)N1CCO[C@@H](C(=O)O)C1. The zero-order valence-corrected chi connectivity index (χ0v) is 10.5. The molecule has 2 fully saturated rings. The standard InChI is InChI=1S/C12H19NO5/c1-8(18-7-9-2-3-9)11(14)13-4-5-17-10(6-13)12(15)16/h8-10H,2-7H2,1H3,(H,15,16)/t8-,10-/m1/s1. The molecule has 1 amide bonds. The lowest BCUT2D eigenvalue weighted by molar-refractivity contribution is -0.163. The van der Waals surface area contributed by atoms with E-state index < -0.39 is 18.2 Å². The zero-order valence-electron chi connectivity index (χ0n) is 10.5. The first-order valence-electron chi connectivity index (χ1n) is 6.32. The number of carboxylic acids is 1. The van der Waals surface area contributed by atoms with Crippen LogP contribution in [0.5, 0.6) is 0 Å². The Labute approximate surface area is 106 Å². The summed E-state index contributed by atoms with van der Waals surface area (Å²) in [5, 5.41) is 8.87. The molecule has 2 aliphatic rings. The molecule has 0 radical (unpaired) electrons. The molecule has 0 unspecified atom stereocenters. The lowest BCUT2D eigenvalue weighted by Crippen LogP contribution is -2.51. The van der Waals surface area contributed by atoms with E-state index in [1.54, 1.807) is 6.92 Å². The fourth-order valence-corrected chi connectivity index (χ4v) is 1.89. The molecule has 102 valence electrons. The number of morpholine rings is 1. The van der Waals surface area contributed by atoms with Gasteiger partial charge in [0.25, 0.3) is 5.91 Å². The molecular formula is C12H19NO5. The van der Waals surface area contributed by atoms with Crippen LogP contribution in [-0.4, -0.2) is 60.4 Å². The van der Waals surface area contributed by atoms with Gasteiger partial charge in [0.2, 0.25) is 0 Å². The summed E-state index contributed by atoms with van der Waals surface area (Å²) in [6.07, 6.45) is 0.940. The molecule has 0 aromatic heterocycles. The Morgan fingerprint density at radius 1 is 1.50 bits per heavy atom. The van der Waals surface area contributed by atoms with Crippen LogP contribution in [-0.2, 0) is 19.1 Å². The Balaban J connectivity index is 1.80. The molecule has 1 N–H and O–H groups in total. The first-order chi connectivity index (χ1) is 8.58. The third-order valence-corrected chi connectivity index (χ3v) is 3.28. The summed E-state index contributed by atoms with van der Waals surface area (Å²) in [6, 6.07) is 0. The molecule has 0 bridgehead atoms. The van der Waals surface area contributed by atoms with E-state index in [-0.39, 0.29) is 19.1 Å². The summed E-state index contributed by atoms with van der Waals surface area (Å²) in [7, 11) is 0. The Bertz CT molecular complexity index is 328. The van der Waals surface area contributed by atoms with Gasteiger partial charge in [0.05, 0.1) is 19.8 Å². The van der Waals surface area contributed by atoms with Gasteiger partial charge in [0.15, 0.2) is 6.10 Å². The topological polar surface area (TPSA) is 76.1 Å². The Morgan fingerprint density at radius 2 is 2.22 bits per heavy atom. The minimum Gasteiger partial charge on any atom is -0.479 e. The number of hydrogen-bond acceptors (Lipinski definition) is 4. The Hall–Kier alpha value is -1.14. The van der Waals surface area contributed by atoms with Crippen LogP contribution in [0.4, 0.5) is 0 Å². The molecule has 6 nitrogen and oxygen atoms in total. The largest absolute Gasteiger partial charge is 0.479 e. The average Bonchev–Trinajstić information content (AvgIpc) is 3.19. The van der Waals surface area contributed by atoms with Crippen LogP contribution >= 0.6 is 0 Å². The molecule has 2 atom stereocenters. The number of carbonyl (C=O) groups excluding carboxylic acids is 1. The van der Waals surface area contributed by atoms with Crippen molar-refractivity contribution < 1.29 is 24.2 Å². The fourth-order valence-electron chi connectivity index (χ4n) is 1.89. The number of carboxylic acid groups (broad SMARTS) is 1. The van der Waals surface area contributed by atoms with Crippen LogP contribution in [0.3, 0.4) is 0 Å². The second-order valence-corrected chi connectivity index (χ2v) is 4.90. The highest BCUT2D eigenvalue weighted by Crippen LogP contribution is 2.29. The van der Waals surface area contributed by atoms with E-state index in [2.05, 4.69) is 0 Å². The molecule has 1 aliphatic carbocycles. The third kappa shape index (κ3) is 3.43. The maximum Gasteiger partial charge on any atom is 0.334 e. The molecule has 0 aromatic carbocycles. The highest BCUT2D eigenvalue weighted by molar-refractivity contribution is 5.82. The maximum absolute atomic E-state index is 12.1. The third-order valence-electron chi connectivity index (χ3n) is 3.28. The Kier molecular flexibility index (Phi) is 4.19. The van der Waals surface area contributed by atoms with Crippen molar-refractivity contribution in [2.45, 2.75) is 32.0 Å². The normalized spacial score (nSPS) is 25.8. The van der Waals surface area contributed by atoms with Crippen LogP contribution < -0.4 is 0 Å². The van der Waals surface area contributed by atoms with Crippen molar-refractivity contribution >= 4 is 11.9 Å². The molecular weight excluding hydrogens is 238 g/mol. The van der Waals surface area contributed by atoms with Crippen molar-refractivity contribution in [2.24, 2.45) is 5.92 Å². The summed E-state index contributed by atoms with van der Waals surface area (Å²) >= 11 is 0.